The van der Waals surface area contributed by atoms with Crippen molar-refractivity contribution in [2.75, 3.05) is 6.61 Å². The molecule has 1 nitrogen and oxygen atoms in total. The summed E-state index contributed by atoms with van der Waals surface area (Å²) in [5.74, 6) is 1.78. The predicted molar refractivity (Wildman–Crippen MR) is 48.3 cm³/mol. The molecule has 1 spiro atoms. The van der Waals surface area contributed by atoms with Crippen LogP contribution < -0.4 is 0 Å². The molecule has 1 heterocycles. The molecule has 1 aliphatic heterocycles. The first-order valence-corrected chi connectivity index (χ1v) is 5.28. The van der Waals surface area contributed by atoms with Crippen LogP contribution in [0.3, 0.4) is 0 Å². The third-order valence-electron chi connectivity index (χ3n) is 4.40. The van der Waals surface area contributed by atoms with Crippen molar-refractivity contribution in [2.45, 2.75) is 37.7 Å². The maximum absolute atomic E-state index is 6.29. The highest BCUT2D eigenvalue weighted by molar-refractivity contribution is 6.21. The van der Waals surface area contributed by atoms with Crippen LogP contribution in [0.1, 0.15) is 26.7 Å². The van der Waals surface area contributed by atoms with Gasteiger partial charge in [0.05, 0.1) is 12.0 Å². The van der Waals surface area contributed by atoms with Gasteiger partial charge in [0, 0.05) is 0 Å². The lowest BCUT2D eigenvalue weighted by Crippen LogP contribution is -2.30. The van der Waals surface area contributed by atoms with E-state index in [0.717, 1.165) is 18.4 Å². The molecule has 0 aromatic carbocycles. The maximum atomic E-state index is 6.29. The summed E-state index contributed by atoms with van der Waals surface area (Å²) in [7, 11) is 0. The van der Waals surface area contributed by atoms with Gasteiger partial charge >= 0.3 is 0 Å². The van der Waals surface area contributed by atoms with Gasteiger partial charge in [-0.1, -0.05) is 13.8 Å². The molecule has 0 bridgehead atoms. The summed E-state index contributed by atoms with van der Waals surface area (Å²) in [5.41, 5.74) is 0.680. The lowest BCUT2D eigenvalue weighted by molar-refractivity contribution is 0.233. The van der Waals surface area contributed by atoms with E-state index in [1.54, 1.807) is 0 Å². The minimum atomic E-state index is 0.122. The van der Waals surface area contributed by atoms with Crippen LogP contribution in [-0.2, 0) is 4.74 Å². The highest BCUT2D eigenvalue weighted by atomic mass is 35.5. The molecule has 0 aromatic heterocycles. The van der Waals surface area contributed by atoms with Crippen LogP contribution in [0, 0.1) is 17.3 Å². The molecule has 3 fully saturated rings. The Bertz CT molecular complexity index is 232. The zero-order valence-corrected chi connectivity index (χ0v) is 8.40. The van der Waals surface area contributed by atoms with Crippen LogP contribution in [0.25, 0.3) is 0 Å². The van der Waals surface area contributed by atoms with Crippen LogP contribution in [0.5, 0.6) is 0 Å². The Morgan fingerprint density at radius 2 is 2.00 bits per heavy atom. The van der Waals surface area contributed by atoms with Crippen molar-refractivity contribution in [3.05, 3.63) is 0 Å². The SMILES string of the molecule is CC1(C)[C@@H]2C[C@H](Cl)[C@@]3(CO3)C[C@@H]21. The molecule has 0 N–H and O–H groups in total. The number of rotatable bonds is 0. The summed E-state index contributed by atoms with van der Waals surface area (Å²) < 4.78 is 5.51. The van der Waals surface area contributed by atoms with E-state index in [9.17, 15) is 0 Å². The topological polar surface area (TPSA) is 12.5 Å². The molecule has 0 unspecified atom stereocenters. The van der Waals surface area contributed by atoms with Crippen molar-refractivity contribution < 1.29 is 4.74 Å². The Morgan fingerprint density at radius 1 is 1.33 bits per heavy atom. The summed E-state index contributed by atoms with van der Waals surface area (Å²) in [6, 6.07) is 0. The highest BCUT2D eigenvalue weighted by Gasteiger charge is 2.68. The lowest BCUT2D eigenvalue weighted by Gasteiger charge is -2.22. The molecular weight excluding hydrogens is 172 g/mol. The Hall–Kier alpha value is 0.250. The van der Waals surface area contributed by atoms with Gasteiger partial charge in [-0.3, -0.25) is 0 Å². The second-order valence-corrected chi connectivity index (χ2v) is 5.82. The van der Waals surface area contributed by atoms with Gasteiger partial charge in [-0.05, 0) is 30.1 Å². The molecule has 0 amide bonds. The Morgan fingerprint density at radius 3 is 2.58 bits per heavy atom. The summed E-state index contributed by atoms with van der Waals surface area (Å²) in [6.45, 7) is 5.65. The molecule has 68 valence electrons. The Balaban J connectivity index is 1.84. The standard InChI is InChI=1S/C10H15ClO/c1-9(2)6-3-8(11)10(5-12-10)4-7(6)9/h6-8H,3-5H2,1-2H3/t6-,7+,8+,10+/m1/s1. The third-order valence-corrected chi connectivity index (χ3v) is 4.98. The number of ether oxygens (including phenoxy) is 1. The van der Waals surface area contributed by atoms with Gasteiger partial charge in [-0.25, -0.2) is 0 Å². The molecule has 3 aliphatic rings. The Labute approximate surface area is 78.4 Å². The smallest absolute Gasteiger partial charge is 0.108 e. The van der Waals surface area contributed by atoms with Gasteiger partial charge in [0.2, 0.25) is 0 Å². The fourth-order valence-electron chi connectivity index (χ4n) is 3.06. The molecule has 1 saturated heterocycles. The molecule has 2 heteroatoms. The van der Waals surface area contributed by atoms with E-state index >= 15 is 0 Å². The fraction of sp³-hybridized carbons (Fsp3) is 1.00. The summed E-state index contributed by atoms with van der Waals surface area (Å²) in [4.78, 5) is 0. The normalized spacial score (nSPS) is 59.8. The van der Waals surface area contributed by atoms with E-state index in [0.29, 0.717) is 10.8 Å². The predicted octanol–water partition coefficient (Wildman–Crippen LogP) is 2.43. The maximum Gasteiger partial charge on any atom is 0.108 e. The monoisotopic (exact) mass is 186 g/mol. The van der Waals surface area contributed by atoms with E-state index < -0.39 is 0 Å². The average Bonchev–Trinajstić information content (AvgIpc) is 2.84. The number of fused-ring (bicyclic) bond motifs is 1. The minimum Gasteiger partial charge on any atom is -0.368 e. The zero-order valence-electron chi connectivity index (χ0n) is 7.64. The summed E-state index contributed by atoms with van der Waals surface area (Å²) in [5, 5.41) is 0.292. The van der Waals surface area contributed by atoms with Crippen LogP contribution >= 0.6 is 11.6 Å². The van der Waals surface area contributed by atoms with E-state index in [1.165, 1.54) is 12.8 Å². The number of alkyl halides is 1. The third kappa shape index (κ3) is 0.748. The van der Waals surface area contributed by atoms with Crippen molar-refractivity contribution in [3.8, 4) is 0 Å². The number of halogens is 1. The van der Waals surface area contributed by atoms with Gasteiger partial charge in [-0.2, -0.15) is 0 Å². The van der Waals surface area contributed by atoms with Crippen LogP contribution in [0.15, 0.2) is 0 Å². The van der Waals surface area contributed by atoms with E-state index in [-0.39, 0.29) is 5.60 Å². The highest BCUT2D eigenvalue weighted by Crippen LogP contribution is 2.69. The molecule has 2 saturated carbocycles. The lowest BCUT2D eigenvalue weighted by atomic mass is 9.89. The van der Waals surface area contributed by atoms with E-state index in [1.807, 2.05) is 0 Å². The average molecular weight is 187 g/mol. The molecule has 4 atom stereocenters. The molecule has 0 aromatic rings. The van der Waals surface area contributed by atoms with Gasteiger partial charge < -0.3 is 4.74 Å². The molecule has 2 aliphatic carbocycles. The first-order chi connectivity index (χ1) is 5.56. The van der Waals surface area contributed by atoms with Crippen molar-refractivity contribution >= 4 is 11.6 Å². The minimum absolute atomic E-state index is 0.122. The second-order valence-electron chi connectivity index (χ2n) is 5.30. The quantitative estimate of drug-likeness (QED) is 0.418. The van der Waals surface area contributed by atoms with Gasteiger partial charge in [0.25, 0.3) is 0 Å². The van der Waals surface area contributed by atoms with Crippen molar-refractivity contribution in [1.82, 2.24) is 0 Å². The van der Waals surface area contributed by atoms with Crippen LogP contribution in [0.2, 0.25) is 0 Å². The van der Waals surface area contributed by atoms with Crippen LogP contribution in [-0.4, -0.2) is 17.6 Å². The fourth-order valence-corrected chi connectivity index (χ4v) is 3.47. The second kappa shape index (κ2) is 1.85. The summed E-state index contributed by atoms with van der Waals surface area (Å²) in [6.07, 6.45) is 2.40. The van der Waals surface area contributed by atoms with Gasteiger partial charge in [0.1, 0.15) is 5.60 Å². The number of hydrogen-bond donors (Lipinski definition) is 0. The van der Waals surface area contributed by atoms with E-state index in [4.69, 9.17) is 16.3 Å². The van der Waals surface area contributed by atoms with Crippen molar-refractivity contribution in [2.24, 2.45) is 17.3 Å². The van der Waals surface area contributed by atoms with Crippen molar-refractivity contribution in [3.63, 3.8) is 0 Å². The van der Waals surface area contributed by atoms with E-state index in [2.05, 4.69) is 13.8 Å². The van der Waals surface area contributed by atoms with Gasteiger partial charge in [-0.15, -0.1) is 11.6 Å². The first kappa shape index (κ1) is 7.64. The molecule has 3 rings (SSSR count). The molecular formula is C10H15ClO. The van der Waals surface area contributed by atoms with Crippen molar-refractivity contribution in [1.29, 1.82) is 0 Å². The van der Waals surface area contributed by atoms with Crippen LogP contribution in [0.4, 0.5) is 0 Å². The molecule has 0 radical (unpaired) electrons. The van der Waals surface area contributed by atoms with Gasteiger partial charge in [0.15, 0.2) is 0 Å². The Kier molecular flexibility index (Phi) is 1.18. The number of hydrogen-bond acceptors (Lipinski definition) is 1. The largest absolute Gasteiger partial charge is 0.368 e. The first-order valence-electron chi connectivity index (χ1n) is 4.84. The molecule has 12 heavy (non-hydrogen) atoms. The zero-order chi connectivity index (χ0) is 8.56. The summed E-state index contributed by atoms with van der Waals surface area (Å²) >= 11 is 6.29. The number of epoxide rings is 1.